The Kier molecular flexibility index (Phi) is 6.39. The predicted octanol–water partition coefficient (Wildman–Crippen LogP) is 5.46. The molecule has 0 aromatic heterocycles. The van der Waals surface area contributed by atoms with Crippen LogP contribution in [0.5, 0.6) is 0 Å². The Morgan fingerprint density at radius 1 is 0.594 bits per heavy atom. The van der Waals surface area contributed by atoms with Crippen molar-refractivity contribution in [2.75, 3.05) is 0 Å². The van der Waals surface area contributed by atoms with Crippen LogP contribution in [0.2, 0.25) is 0 Å². The highest BCUT2D eigenvalue weighted by Crippen LogP contribution is 2.40. The summed E-state index contributed by atoms with van der Waals surface area (Å²) >= 11 is 0. The number of nitrogens with two attached hydrogens (primary N) is 1. The van der Waals surface area contributed by atoms with E-state index in [1.54, 1.807) is 12.1 Å². The molecule has 4 aromatic rings. The largest absolute Gasteiger partial charge is 0.321 e. The van der Waals surface area contributed by atoms with Crippen molar-refractivity contribution in [2.24, 2.45) is 5.73 Å². The van der Waals surface area contributed by atoms with Gasteiger partial charge in [0.2, 0.25) is 0 Å². The molecule has 2 N–H and O–H groups in total. The molecule has 0 saturated carbocycles. The molecule has 4 rings (SSSR count). The number of benzene rings is 4. The summed E-state index contributed by atoms with van der Waals surface area (Å²) in [4.78, 5) is 27.4. The fraction of sp³-hybridized carbons (Fsp3) is 0.103. The minimum Gasteiger partial charge on any atom is -0.321 e. The van der Waals surface area contributed by atoms with E-state index in [4.69, 9.17) is 5.73 Å². The number of ketones is 2. The van der Waals surface area contributed by atoms with Crippen LogP contribution in [-0.4, -0.2) is 17.6 Å². The standard InChI is InChI=1S/C29H25NO2/c30-26(27(31)22-13-5-1-6-14-22)21-29(24-17-9-3-10-18-24,25-19-11-4-12-20-25)28(32)23-15-7-2-8-16-23/h1-20,26H,21,30H2. The summed E-state index contributed by atoms with van der Waals surface area (Å²) in [5.41, 5.74) is 8.18. The summed E-state index contributed by atoms with van der Waals surface area (Å²) in [6.45, 7) is 0. The zero-order valence-electron chi connectivity index (χ0n) is 17.7. The lowest BCUT2D eigenvalue weighted by Crippen LogP contribution is -2.45. The summed E-state index contributed by atoms with van der Waals surface area (Å²) in [7, 11) is 0. The minimum absolute atomic E-state index is 0.0770. The van der Waals surface area contributed by atoms with Gasteiger partial charge in [-0.15, -0.1) is 0 Å². The van der Waals surface area contributed by atoms with Gasteiger partial charge in [0.25, 0.3) is 0 Å². The molecule has 0 bridgehead atoms. The molecule has 158 valence electrons. The Balaban J connectivity index is 1.88. The van der Waals surface area contributed by atoms with E-state index in [1.807, 2.05) is 109 Å². The van der Waals surface area contributed by atoms with Crippen molar-refractivity contribution in [3.05, 3.63) is 144 Å². The molecule has 32 heavy (non-hydrogen) atoms. The van der Waals surface area contributed by atoms with E-state index in [1.165, 1.54) is 0 Å². The first-order chi connectivity index (χ1) is 15.6. The van der Waals surface area contributed by atoms with Gasteiger partial charge in [-0.25, -0.2) is 0 Å². The van der Waals surface area contributed by atoms with Gasteiger partial charge in [0.15, 0.2) is 11.6 Å². The number of Topliss-reactive ketones (excluding diaryl/α,β-unsaturated/α-hetero) is 2. The summed E-state index contributed by atoms with van der Waals surface area (Å²) in [6, 6.07) is 36.6. The van der Waals surface area contributed by atoms with Gasteiger partial charge in [-0.3, -0.25) is 9.59 Å². The first-order valence-corrected chi connectivity index (χ1v) is 10.7. The number of carbonyl (C=O) groups excluding carboxylic acids is 2. The summed E-state index contributed by atoms with van der Waals surface area (Å²) in [5, 5.41) is 0. The van der Waals surface area contributed by atoms with Crippen molar-refractivity contribution in [1.29, 1.82) is 0 Å². The molecular formula is C29H25NO2. The van der Waals surface area contributed by atoms with Crippen LogP contribution >= 0.6 is 0 Å². The number of hydrogen-bond acceptors (Lipinski definition) is 3. The number of hydrogen-bond donors (Lipinski definition) is 1. The first kappa shape index (κ1) is 21.4. The van der Waals surface area contributed by atoms with Gasteiger partial charge in [-0.05, 0) is 17.5 Å². The van der Waals surface area contributed by atoms with Crippen LogP contribution in [0.25, 0.3) is 0 Å². The zero-order valence-corrected chi connectivity index (χ0v) is 17.7. The molecule has 0 aliphatic carbocycles. The van der Waals surface area contributed by atoms with Crippen LogP contribution in [0.4, 0.5) is 0 Å². The van der Waals surface area contributed by atoms with Crippen molar-refractivity contribution in [3.63, 3.8) is 0 Å². The molecule has 0 fully saturated rings. The third-order valence-electron chi connectivity index (χ3n) is 5.88. The first-order valence-electron chi connectivity index (χ1n) is 10.7. The average molecular weight is 420 g/mol. The molecule has 0 spiro atoms. The quantitative estimate of drug-likeness (QED) is 0.386. The van der Waals surface area contributed by atoms with E-state index in [2.05, 4.69) is 0 Å². The fourth-order valence-electron chi connectivity index (χ4n) is 4.28. The van der Waals surface area contributed by atoms with Gasteiger partial charge in [0.05, 0.1) is 11.5 Å². The van der Waals surface area contributed by atoms with E-state index in [-0.39, 0.29) is 18.0 Å². The summed E-state index contributed by atoms with van der Waals surface area (Å²) < 4.78 is 0. The van der Waals surface area contributed by atoms with E-state index in [0.717, 1.165) is 11.1 Å². The maximum absolute atomic E-state index is 14.2. The van der Waals surface area contributed by atoms with Crippen LogP contribution in [-0.2, 0) is 5.41 Å². The van der Waals surface area contributed by atoms with Crippen molar-refractivity contribution in [3.8, 4) is 0 Å². The molecule has 0 aliphatic rings. The topological polar surface area (TPSA) is 60.2 Å². The summed E-state index contributed by atoms with van der Waals surface area (Å²) in [5.74, 6) is -0.255. The van der Waals surface area contributed by atoms with E-state index in [9.17, 15) is 9.59 Å². The number of rotatable bonds is 8. The monoisotopic (exact) mass is 419 g/mol. The molecular weight excluding hydrogens is 394 g/mol. The van der Waals surface area contributed by atoms with E-state index >= 15 is 0 Å². The lowest BCUT2D eigenvalue weighted by atomic mass is 9.65. The lowest BCUT2D eigenvalue weighted by Gasteiger charge is -2.35. The third kappa shape index (κ3) is 4.16. The zero-order chi connectivity index (χ0) is 22.4. The minimum atomic E-state index is -1.10. The van der Waals surface area contributed by atoms with Crippen LogP contribution < -0.4 is 5.73 Å². The van der Waals surface area contributed by atoms with Gasteiger partial charge in [0.1, 0.15) is 0 Å². The van der Waals surface area contributed by atoms with Crippen LogP contribution in [0, 0.1) is 0 Å². The SMILES string of the molecule is NC(CC(C(=O)c1ccccc1)(c1ccccc1)c1ccccc1)C(=O)c1ccccc1. The molecule has 0 aliphatic heterocycles. The second kappa shape index (κ2) is 9.54. The van der Waals surface area contributed by atoms with Crippen LogP contribution in [0.1, 0.15) is 38.3 Å². The Morgan fingerprint density at radius 3 is 1.41 bits per heavy atom. The molecule has 0 amide bonds. The van der Waals surface area contributed by atoms with Crippen molar-refractivity contribution < 1.29 is 9.59 Å². The Bertz CT molecular complexity index is 1130. The lowest BCUT2D eigenvalue weighted by molar-refractivity contribution is 0.0874. The van der Waals surface area contributed by atoms with Gasteiger partial charge in [0, 0.05) is 11.1 Å². The maximum Gasteiger partial charge on any atom is 0.179 e. The highest BCUT2D eigenvalue weighted by Gasteiger charge is 2.44. The van der Waals surface area contributed by atoms with Gasteiger partial charge < -0.3 is 5.73 Å². The predicted molar refractivity (Wildman–Crippen MR) is 128 cm³/mol. The third-order valence-corrected chi connectivity index (χ3v) is 5.88. The maximum atomic E-state index is 14.2. The summed E-state index contributed by atoms with van der Waals surface area (Å²) in [6.07, 6.45) is 0.155. The van der Waals surface area contributed by atoms with Crippen molar-refractivity contribution in [2.45, 2.75) is 17.9 Å². The average Bonchev–Trinajstić information content (AvgIpc) is 2.88. The van der Waals surface area contributed by atoms with Gasteiger partial charge in [-0.1, -0.05) is 121 Å². The van der Waals surface area contributed by atoms with Gasteiger partial charge >= 0.3 is 0 Å². The molecule has 3 heteroatoms. The molecule has 0 saturated heterocycles. The number of carbonyl (C=O) groups is 2. The van der Waals surface area contributed by atoms with Crippen molar-refractivity contribution >= 4 is 11.6 Å². The van der Waals surface area contributed by atoms with Crippen molar-refractivity contribution in [1.82, 2.24) is 0 Å². The molecule has 4 aromatic carbocycles. The van der Waals surface area contributed by atoms with E-state index < -0.39 is 11.5 Å². The molecule has 0 heterocycles. The van der Waals surface area contributed by atoms with Gasteiger partial charge in [-0.2, -0.15) is 0 Å². The second-order valence-corrected chi connectivity index (χ2v) is 7.87. The molecule has 0 radical (unpaired) electrons. The Labute approximate surface area is 188 Å². The van der Waals surface area contributed by atoms with Crippen LogP contribution in [0.3, 0.4) is 0 Å². The second-order valence-electron chi connectivity index (χ2n) is 7.87. The molecule has 3 nitrogen and oxygen atoms in total. The van der Waals surface area contributed by atoms with E-state index in [0.29, 0.717) is 11.1 Å². The highest BCUT2D eigenvalue weighted by molar-refractivity contribution is 6.08. The molecule has 1 atom stereocenters. The Hall–Kier alpha value is -3.82. The highest BCUT2D eigenvalue weighted by atomic mass is 16.1. The normalized spacial score (nSPS) is 12.2. The Morgan fingerprint density at radius 2 is 0.969 bits per heavy atom. The molecule has 1 unspecified atom stereocenters. The smallest absolute Gasteiger partial charge is 0.179 e. The van der Waals surface area contributed by atoms with Crippen LogP contribution in [0.15, 0.2) is 121 Å². The fourth-order valence-corrected chi connectivity index (χ4v) is 4.28.